The van der Waals surface area contributed by atoms with Crippen LogP contribution in [-0.4, -0.2) is 35.7 Å². The Bertz CT molecular complexity index is 406. The number of hydrogen-bond acceptors (Lipinski definition) is 4. The fourth-order valence-electron chi connectivity index (χ4n) is 1.68. The lowest BCUT2D eigenvalue weighted by Gasteiger charge is -2.12. The lowest BCUT2D eigenvalue weighted by molar-refractivity contribution is 0.372. The van der Waals surface area contributed by atoms with Crippen LogP contribution in [0.15, 0.2) is 9.52 Å². The largest absolute Gasteiger partial charge is 0.357 e. The summed E-state index contributed by atoms with van der Waals surface area (Å²) in [6.45, 7) is 10.9. The fraction of sp³-hybridized carbons (Fsp3) is 0.786. The first-order chi connectivity index (χ1) is 9.61. The number of aromatic nitrogens is 2. The van der Waals surface area contributed by atoms with E-state index in [-0.39, 0.29) is 24.0 Å². The van der Waals surface area contributed by atoms with Crippen LogP contribution >= 0.6 is 24.0 Å². The van der Waals surface area contributed by atoms with Crippen molar-refractivity contribution in [3.63, 3.8) is 0 Å². The van der Waals surface area contributed by atoms with E-state index >= 15 is 0 Å². The molecule has 7 heteroatoms. The van der Waals surface area contributed by atoms with Gasteiger partial charge in [0.1, 0.15) is 0 Å². The van der Waals surface area contributed by atoms with Gasteiger partial charge in [-0.3, -0.25) is 4.99 Å². The molecule has 0 aliphatic heterocycles. The van der Waals surface area contributed by atoms with E-state index in [4.69, 9.17) is 4.52 Å². The van der Waals surface area contributed by atoms with Crippen LogP contribution in [0, 0.1) is 12.8 Å². The van der Waals surface area contributed by atoms with E-state index in [1.807, 2.05) is 6.92 Å². The standard InChI is InChI=1S/C14H27N5O.HI/c1-5-15-14(17-10-8-11(2)3)16-9-6-7-13-18-12(4)19-20-13;/h11H,5-10H2,1-4H3,(H2,15,16,17);1H. The van der Waals surface area contributed by atoms with Gasteiger partial charge in [-0.1, -0.05) is 19.0 Å². The van der Waals surface area contributed by atoms with Gasteiger partial charge in [0.2, 0.25) is 5.89 Å². The second kappa shape index (κ2) is 11.8. The minimum absolute atomic E-state index is 0. The second-order valence-corrected chi connectivity index (χ2v) is 5.21. The monoisotopic (exact) mass is 409 g/mol. The Hall–Kier alpha value is -0.860. The third-order valence-corrected chi connectivity index (χ3v) is 2.75. The minimum Gasteiger partial charge on any atom is -0.357 e. The van der Waals surface area contributed by atoms with Gasteiger partial charge in [0.15, 0.2) is 11.8 Å². The molecule has 0 spiro atoms. The molecule has 2 N–H and O–H groups in total. The molecule has 21 heavy (non-hydrogen) atoms. The molecule has 1 rings (SSSR count). The van der Waals surface area contributed by atoms with Crippen molar-refractivity contribution in [2.75, 3.05) is 19.6 Å². The van der Waals surface area contributed by atoms with E-state index in [1.54, 1.807) is 0 Å². The predicted octanol–water partition coefficient (Wildman–Crippen LogP) is 2.53. The molecule has 1 aromatic heterocycles. The van der Waals surface area contributed by atoms with E-state index in [1.165, 1.54) is 0 Å². The Balaban J connectivity index is 0.00000400. The van der Waals surface area contributed by atoms with Crippen LogP contribution in [0.3, 0.4) is 0 Å². The first-order valence-electron chi connectivity index (χ1n) is 7.43. The number of guanidine groups is 1. The highest BCUT2D eigenvalue weighted by molar-refractivity contribution is 14.0. The van der Waals surface area contributed by atoms with Gasteiger partial charge >= 0.3 is 0 Å². The third kappa shape index (κ3) is 9.65. The number of nitrogens with zero attached hydrogens (tertiary/aromatic N) is 3. The lowest BCUT2D eigenvalue weighted by Crippen LogP contribution is -2.38. The molecule has 0 aliphatic rings. The molecule has 0 radical (unpaired) electrons. The quantitative estimate of drug-likeness (QED) is 0.299. The molecule has 6 nitrogen and oxygen atoms in total. The molecular weight excluding hydrogens is 381 g/mol. The van der Waals surface area contributed by atoms with Crippen molar-refractivity contribution in [1.29, 1.82) is 0 Å². The lowest BCUT2D eigenvalue weighted by atomic mass is 10.1. The first kappa shape index (κ1) is 20.1. The number of nitrogens with one attached hydrogen (secondary N) is 2. The second-order valence-electron chi connectivity index (χ2n) is 5.21. The molecule has 1 aromatic rings. The van der Waals surface area contributed by atoms with Gasteiger partial charge in [0.05, 0.1) is 0 Å². The SMILES string of the molecule is CCNC(=NCCCc1nc(C)no1)NCCC(C)C.I. The predicted molar refractivity (Wildman–Crippen MR) is 96.2 cm³/mol. The summed E-state index contributed by atoms with van der Waals surface area (Å²) >= 11 is 0. The van der Waals surface area contributed by atoms with Crippen LogP contribution < -0.4 is 10.6 Å². The van der Waals surface area contributed by atoms with Gasteiger partial charge in [0.25, 0.3) is 0 Å². The molecule has 0 unspecified atom stereocenters. The molecule has 0 fully saturated rings. The fourth-order valence-corrected chi connectivity index (χ4v) is 1.68. The van der Waals surface area contributed by atoms with Crippen molar-refractivity contribution >= 4 is 29.9 Å². The molecule has 0 amide bonds. The van der Waals surface area contributed by atoms with Gasteiger partial charge in [-0.05, 0) is 32.6 Å². The smallest absolute Gasteiger partial charge is 0.226 e. The molecule has 122 valence electrons. The summed E-state index contributed by atoms with van der Waals surface area (Å²) in [5.41, 5.74) is 0. The molecule has 0 saturated carbocycles. The van der Waals surface area contributed by atoms with Gasteiger partial charge in [-0.15, -0.1) is 24.0 Å². The van der Waals surface area contributed by atoms with Crippen molar-refractivity contribution in [3.8, 4) is 0 Å². The van der Waals surface area contributed by atoms with E-state index in [0.29, 0.717) is 17.6 Å². The number of aliphatic imine (C=N–C) groups is 1. The van der Waals surface area contributed by atoms with Crippen molar-refractivity contribution in [1.82, 2.24) is 20.8 Å². The highest BCUT2D eigenvalue weighted by Crippen LogP contribution is 2.00. The Morgan fingerprint density at radius 3 is 2.67 bits per heavy atom. The molecule has 0 atom stereocenters. The summed E-state index contributed by atoms with van der Waals surface area (Å²) in [7, 11) is 0. The van der Waals surface area contributed by atoms with Crippen LogP contribution in [-0.2, 0) is 6.42 Å². The zero-order valence-electron chi connectivity index (χ0n) is 13.5. The van der Waals surface area contributed by atoms with Crippen LogP contribution in [0.1, 0.15) is 45.3 Å². The topological polar surface area (TPSA) is 75.3 Å². The average Bonchev–Trinajstić information content (AvgIpc) is 2.80. The van der Waals surface area contributed by atoms with E-state index in [9.17, 15) is 0 Å². The van der Waals surface area contributed by atoms with Gasteiger partial charge < -0.3 is 15.2 Å². The van der Waals surface area contributed by atoms with Crippen LogP contribution in [0.25, 0.3) is 0 Å². The summed E-state index contributed by atoms with van der Waals surface area (Å²) in [6.07, 6.45) is 2.82. The summed E-state index contributed by atoms with van der Waals surface area (Å²) in [5, 5.41) is 10.4. The molecule has 1 heterocycles. The van der Waals surface area contributed by atoms with Crippen LogP contribution in [0.2, 0.25) is 0 Å². The molecule has 0 aliphatic carbocycles. The van der Waals surface area contributed by atoms with Crippen molar-refractivity contribution in [2.24, 2.45) is 10.9 Å². The normalized spacial score (nSPS) is 11.4. The summed E-state index contributed by atoms with van der Waals surface area (Å²) < 4.78 is 5.07. The highest BCUT2D eigenvalue weighted by Gasteiger charge is 2.02. The van der Waals surface area contributed by atoms with Gasteiger partial charge in [0, 0.05) is 26.1 Å². The molecule has 0 aromatic carbocycles. The van der Waals surface area contributed by atoms with E-state index in [0.717, 1.165) is 44.9 Å². The van der Waals surface area contributed by atoms with Crippen LogP contribution in [0.4, 0.5) is 0 Å². The average molecular weight is 409 g/mol. The maximum Gasteiger partial charge on any atom is 0.226 e. The Kier molecular flexibility index (Phi) is 11.3. The maximum absolute atomic E-state index is 5.07. The maximum atomic E-state index is 5.07. The number of aryl methyl sites for hydroxylation is 2. The summed E-state index contributed by atoms with van der Waals surface area (Å²) in [6, 6.07) is 0. The van der Waals surface area contributed by atoms with Crippen molar-refractivity contribution in [2.45, 2.75) is 47.0 Å². The Morgan fingerprint density at radius 2 is 2.10 bits per heavy atom. The molecule has 0 saturated heterocycles. The number of halogens is 1. The first-order valence-corrected chi connectivity index (χ1v) is 7.43. The van der Waals surface area contributed by atoms with Crippen molar-refractivity contribution < 1.29 is 4.52 Å². The van der Waals surface area contributed by atoms with Crippen LogP contribution in [0.5, 0.6) is 0 Å². The van der Waals surface area contributed by atoms with E-state index < -0.39 is 0 Å². The number of hydrogen-bond donors (Lipinski definition) is 2. The number of rotatable bonds is 8. The highest BCUT2D eigenvalue weighted by atomic mass is 127. The zero-order valence-corrected chi connectivity index (χ0v) is 15.8. The molecule has 0 bridgehead atoms. The zero-order chi connectivity index (χ0) is 14.8. The van der Waals surface area contributed by atoms with Gasteiger partial charge in [-0.25, -0.2) is 0 Å². The van der Waals surface area contributed by atoms with Gasteiger partial charge in [-0.2, -0.15) is 4.98 Å². The molecular formula is C14H28IN5O. The van der Waals surface area contributed by atoms with E-state index in [2.05, 4.69) is 46.5 Å². The van der Waals surface area contributed by atoms with Crippen molar-refractivity contribution in [3.05, 3.63) is 11.7 Å². The summed E-state index contributed by atoms with van der Waals surface area (Å²) in [5.74, 6) is 2.96. The Morgan fingerprint density at radius 1 is 1.33 bits per heavy atom. The third-order valence-electron chi connectivity index (χ3n) is 2.75. The Labute approximate surface area is 144 Å². The summed E-state index contributed by atoms with van der Waals surface area (Å²) in [4.78, 5) is 8.71. The minimum atomic E-state index is 0.